The molecule has 2 aromatic rings. The lowest BCUT2D eigenvalue weighted by molar-refractivity contribution is 0.202. The van der Waals surface area contributed by atoms with Crippen LogP contribution in [0.4, 0.5) is 21.7 Å². The molecule has 1 aromatic carbocycles. The molecule has 0 atom stereocenters. The Kier molecular flexibility index (Phi) is 7.85. The van der Waals surface area contributed by atoms with Crippen molar-refractivity contribution in [3.05, 3.63) is 54.2 Å². The van der Waals surface area contributed by atoms with Crippen molar-refractivity contribution in [2.24, 2.45) is 5.92 Å². The van der Waals surface area contributed by atoms with Crippen molar-refractivity contribution in [1.82, 2.24) is 14.9 Å². The molecular weight excluding hydrogens is 421 g/mol. The number of aromatic nitrogens is 2. The fraction of sp³-hybridized carbons (Fsp3) is 0.458. The van der Waals surface area contributed by atoms with E-state index in [9.17, 15) is 9.50 Å². The minimum Gasteiger partial charge on any atom is -0.396 e. The van der Waals surface area contributed by atoms with E-state index in [4.69, 9.17) is 5.41 Å². The van der Waals surface area contributed by atoms with Gasteiger partial charge in [0, 0.05) is 77.2 Å². The van der Waals surface area contributed by atoms with Crippen molar-refractivity contribution in [2.45, 2.75) is 12.8 Å². The first-order valence-electron chi connectivity index (χ1n) is 11.5. The Morgan fingerprint density at radius 2 is 1.67 bits per heavy atom. The van der Waals surface area contributed by atoms with Crippen molar-refractivity contribution < 1.29 is 9.50 Å². The maximum Gasteiger partial charge on any atom is 0.172 e. The summed E-state index contributed by atoms with van der Waals surface area (Å²) in [5.41, 5.74) is 1.19. The van der Waals surface area contributed by atoms with Gasteiger partial charge in [-0.3, -0.25) is 4.90 Å². The summed E-state index contributed by atoms with van der Waals surface area (Å²) in [6.07, 6.45) is 8.46. The molecule has 0 unspecified atom stereocenters. The van der Waals surface area contributed by atoms with E-state index in [0.29, 0.717) is 18.2 Å². The monoisotopic (exact) mass is 453 g/mol. The standard InChI is InChI=1S/C24H32FN7O/c25-21-3-1-2-4-22(21)29-16-20(15-26)17-30-11-13-32(14-12-30)24-23(27-7-8-28-24)31-9-5-19(18-33)6-10-31/h1-4,7-8,15-16,19,26,29,33H,5-6,9-14,17-18H2/b20-16+,26-15?. The molecule has 33 heavy (non-hydrogen) atoms. The summed E-state index contributed by atoms with van der Waals surface area (Å²) < 4.78 is 13.8. The predicted octanol–water partition coefficient (Wildman–Crippen LogP) is 2.59. The highest BCUT2D eigenvalue weighted by Crippen LogP contribution is 2.29. The zero-order chi connectivity index (χ0) is 23.0. The van der Waals surface area contributed by atoms with Gasteiger partial charge in [-0.2, -0.15) is 0 Å². The zero-order valence-electron chi connectivity index (χ0n) is 18.8. The number of aliphatic hydroxyl groups is 1. The maximum absolute atomic E-state index is 13.8. The normalized spacial score (nSPS) is 18.4. The number of hydrogen-bond donors (Lipinski definition) is 3. The lowest BCUT2D eigenvalue weighted by Gasteiger charge is -2.38. The molecule has 1 aromatic heterocycles. The number of anilines is 3. The molecule has 2 saturated heterocycles. The van der Waals surface area contributed by atoms with Crippen LogP contribution in [0, 0.1) is 17.1 Å². The number of rotatable bonds is 8. The van der Waals surface area contributed by atoms with Gasteiger partial charge >= 0.3 is 0 Å². The van der Waals surface area contributed by atoms with Gasteiger partial charge in [-0.1, -0.05) is 12.1 Å². The van der Waals surface area contributed by atoms with Crippen molar-refractivity contribution >= 4 is 23.5 Å². The van der Waals surface area contributed by atoms with Crippen LogP contribution in [-0.2, 0) is 0 Å². The molecule has 2 aliphatic rings. The van der Waals surface area contributed by atoms with Crippen LogP contribution in [0.3, 0.4) is 0 Å². The molecular formula is C24H32FN7O. The fourth-order valence-corrected chi connectivity index (χ4v) is 4.35. The lowest BCUT2D eigenvalue weighted by atomic mass is 9.98. The number of para-hydroxylation sites is 1. The Balaban J connectivity index is 1.34. The Labute approximate surface area is 194 Å². The first kappa shape index (κ1) is 23.1. The molecule has 176 valence electrons. The van der Waals surface area contributed by atoms with E-state index in [2.05, 4.69) is 30.0 Å². The van der Waals surface area contributed by atoms with Crippen molar-refractivity contribution in [3.63, 3.8) is 0 Å². The van der Waals surface area contributed by atoms with Gasteiger partial charge in [0.2, 0.25) is 0 Å². The second-order valence-corrected chi connectivity index (χ2v) is 8.57. The number of benzene rings is 1. The smallest absolute Gasteiger partial charge is 0.172 e. The van der Waals surface area contributed by atoms with E-state index in [0.717, 1.165) is 69.3 Å². The highest BCUT2D eigenvalue weighted by atomic mass is 19.1. The summed E-state index contributed by atoms with van der Waals surface area (Å²) in [6.45, 7) is 5.99. The Hall–Kier alpha value is -3.04. The third-order valence-corrected chi connectivity index (χ3v) is 6.38. The highest BCUT2D eigenvalue weighted by molar-refractivity contribution is 5.77. The van der Waals surface area contributed by atoms with Crippen molar-refractivity contribution in [2.75, 3.05) is 67.5 Å². The number of piperazine rings is 1. The fourth-order valence-electron chi connectivity index (χ4n) is 4.35. The van der Waals surface area contributed by atoms with E-state index < -0.39 is 0 Å². The van der Waals surface area contributed by atoms with Gasteiger partial charge in [0.05, 0.1) is 5.69 Å². The Morgan fingerprint density at radius 1 is 1.03 bits per heavy atom. The number of hydrogen-bond acceptors (Lipinski definition) is 8. The summed E-state index contributed by atoms with van der Waals surface area (Å²) in [7, 11) is 0. The third-order valence-electron chi connectivity index (χ3n) is 6.38. The van der Waals surface area contributed by atoms with Gasteiger partial charge in [-0.25, -0.2) is 14.4 Å². The van der Waals surface area contributed by atoms with E-state index in [1.165, 1.54) is 12.3 Å². The van der Waals surface area contributed by atoms with Crippen LogP contribution >= 0.6 is 0 Å². The van der Waals surface area contributed by atoms with Crippen molar-refractivity contribution in [3.8, 4) is 0 Å². The van der Waals surface area contributed by atoms with Crippen LogP contribution < -0.4 is 15.1 Å². The van der Waals surface area contributed by atoms with E-state index in [1.807, 2.05) is 0 Å². The Bertz CT molecular complexity index is 953. The highest BCUT2D eigenvalue weighted by Gasteiger charge is 2.26. The average molecular weight is 454 g/mol. The summed E-state index contributed by atoms with van der Waals surface area (Å²) in [5.74, 6) is 1.92. The molecule has 0 amide bonds. The molecule has 0 bridgehead atoms. The minimum atomic E-state index is -0.313. The van der Waals surface area contributed by atoms with Gasteiger partial charge in [0.15, 0.2) is 11.6 Å². The molecule has 2 aliphatic heterocycles. The van der Waals surface area contributed by atoms with E-state index >= 15 is 0 Å². The molecule has 4 rings (SSSR count). The summed E-state index contributed by atoms with van der Waals surface area (Å²) in [4.78, 5) is 16.1. The summed E-state index contributed by atoms with van der Waals surface area (Å²) in [5, 5.41) is 20.1. The van der Waals surface area contributed by atoms with Crippen LogP contribution in [0.15, 0.2) is 48.4 Å². The molecule has 3 N–H and O–H groups in total. The van der Waals surface area contributed by atoms with Crippen molar-refractivity contribution in [1.29, 1.82) is 5.41 Å². The lowest BCUT2D eigenvalue weighted by Crippen LogP contribution is -2.48. The third kappa shape index (κ3) is 5.85. The molecule has 9 heteroatoms. The molecule has 3 heterocycles. The number of nitrogens with one attached hydrogen (secondary N) is 2. The number of halogens is 1. The number of piperidine rings is 1. The van der Waals surface area contributed by atoms with Crippen LogP contribution in [0.5, 0.6) is 0 Å². The van der Waals surface area contributed by atoms with Gasteiger partial charge in [-0.15, -0.1) is 0 Å². The topological polar surface area (TPSA) is 91.6 Å². The van der Waals surface area contributed by atoms with Crippen LogP contribution in [0.25, 0.3) is 0 Å². The summed E-state index contributed by atoms with van der Waals surface area (Å²) in [6, 6.07) is 6.52. The first-order valence-corrected chi connectivity index (χ1v) is 11.5. The number of aliphatic hydroxyl groups excluding tert-OH is 1. The van der Waals surface area contributed by atoms with Crippen LogP contribution in [0.1, 0.15) is 12.8 Å². The largest absolute Gasteiger partial charge is 0.396 e. The Morgan fingerprint density at radius 3 is 2.27 bits per heavy atom. The van der Waals surface area contributed by atoms with Gasteiger partial charge in [0.25, 0.3) is 0 Å². The molecule has 0 saturated carbocycles. The van der Waals surface area contributed by atoms with Gasteiger partial charge in [-0.05, 0) is 36.5 Å². The molecule has 0 aliphatic carbocycles. The second kappa shape index (κ2) is 11.2. The number of nitrogens with zero attached hydrogens (tertiary/aromatic N) is 5. The molecule has 2 fully saturated rings. The quantitative estimate of drug-likeness (QED) is 0.529. The second-order valence-electron chi connectivity index (χ2n) is 8.57. The van der Waals surface area contributed by atoms with Crippen LogP contribution in [0.2, 0.25) is 0 Å². The zero-order valence-corrected chi connectivity index (χ0v) is 18.8. The van der Waals surface area contributed by atoms with Gasteiger partial charge < -0.3 is 25.6 Å². The van der Waals surface area contributed by atoms with E-state index in [-0.39, 0.29) is 12.4 Å². The molecule has 0 radical (unpaired) electrons. The first-order chi connectivity index (χ1) is 16.2. The molecule has 8 nitrogen and oxygen atoms in total. The average Bonchev–Trinajstić information content (AvgIpc) is 2.88. The predicted molar refractivity (Wildman–Crippen MR) is 130 cm³/mol. The SMILES string of the molecule is N=C/C(=C\Nc1ccccc1F)CN1CCN(c2nccnc2N2CCC(CO)CC2)CC1. The summed E-state index contributed by atoms with van der Waals surface area (Å²) >= 11 is 0. The van der Waals surface area contributed by atoms with Crippen LogP contribution in [-0.4, -0.2) is 78.6 Å². The minimum absolute atomic E-state index is 0.255. The molecule has 0 spiro atoms. The van der Waals surface area contributed by atoms with E-state index in [1.54, 1.807) is 36.8 Å². The van der Waals surface area contributed by atoms with Gasteiger partial charge in [0.1, 0.15) is 5.82 Å². The maximum atomic E-state index is 13.8.